The Morgan fingerprint density at radius 3 is 1.62 bits per heavy atom. The average Bonchev–Trinajstić information content (AvgIpc) is 1.69. The van der Waals surface area contributed by atoms with Crippen molar-refractivity contribution >= 4 is 0 Å². The topological polar surface area (TPSA) is 14.1 Å². The Hall–Kier alpha value is 0.674. The summed E-state index contributed by atoms with van der Waals surface area (Å²) in [7, 11) is 0. The second-order valence-corrected chi connectivity index (χ2v) is 1.67. The van der Waals surface area contributed by atoms with Gasteiger partial charge in [-0.05, 0) is 0 Å². The number of nitrogens with zero attached hydrogens (tertiary/aromatic N) is 1. The molecule has 0 bridgehead atoms. The zero-order chi connectivity index (χ0) is 5.54. The predicted molar refractivity (Wildman–Crippen MR) is 33.7 cm³/mol. The molecule has 0 saturated carbocycles. The van der Waals surface area contributed by atoms with E-state index in [1.807, 2.05) is 0 Å². The van der Waals surface area contributed by atoms with E-state index in [1.54, 1.807) is 0 Å². The number of hydrogen-bond acceptors (Lipinski definition) is 0. The third kappa shape index (κ3) is 9.84. The molecule has 0 N–H and O–H groups in total. The van der Waals surface area contributed by atoms with E-state index in [9.17, 15) is 0 Å². The largest absolute Gasteiger partial charge is 0.662 e. The normalized spacial score (nSPS) is 8.25. The van der Waals surface area contributed by atoms with Gasteiger partial charge >= 0.3 is 0 Å². The summed E-state index contributed by atoms with van der Waals surface area (Å²) in [5.41, 5.74) is 0. The van der Waals surface area contributed by atoms with Crippen molar-refractivity contribution in [3.05, 3.63) is 5.32 Å². The van der Waals surface area contributed by atoms with Crippen LogP contribution in [0.25, 0.3) is 5.32 Å². The summed E-state index contributed by atoms with van der Waals surface area (Å²) in [6, 6.07) is 0. The Bertz CT molecular complexity index is 27.7. The van der Waals surface area contributed by atoms with Gasteiger partial charge in [0, 0.05) is 21.7 Å². The number of hydrogen-bond donors (Lipinski definition) is 0. The van der Waals surface area contributed by atoms with E-state index in [0.717, 1.165) is 13.1 Å². The van der Waals surface area contributed by atoms with Gasteiger partial charge in [-0.3, -0.25) is 0 Å². The minimum Gasteiger partial charge on any atom is -0.662 e. The molecule has 0 aliphatic carbocycles. The van der Waals surface area contributed by atoms with Crippen LogP contribution in [-0.2, 0) is 21.7 Å². The SMILES string of the molecule is CCC[N-]CCC.[Ti]. The predicted octanol–water partition coefficient (Wildman–Crippen LogP) is 2.18. The van der Waals surface area contributed by atoms with Crippen LogP contribution in [0, 0.1) is 0 Å². The second kappa shape index (κ2) is 10.6. The molecular weight excluding hydrogens is 134 g/mol. The van der Waals surface area contributed by atoms with Gasteiger partial charge in [0.15, 0.2) is 0 Å². The van der Waals surface area contributed by atoms with Gasteiger partial charge in [-0.2, -0.15) is 0 Å². The molecule has 0 aromatic carbocycles. The Labute approximate surface area is 67.1 Å². The molecule has 48 valence electrons. The molecule has 0 aliphatic heterocycles. The third-order valence-electron chi connectivity index (χ3n) is 0.763. The maximum Gasteiger partial charge on any atom is 0 e. The van der Waals surface area contributed by atoms with Crippen molar-refractivity contribution in [3.63, 3.8) is 0 Å². The molecule has 0 radical (unpaired) electrons. The van der Waals surface area contributed by atoms with Crippen LogP contribution in [0.4, 0.5) is 0 Å². The van der Waals surface area contributed by atoms with E-state index in [2.05, 4.69) is 19.2 Å². The fourth-order valence-corrected chi connectivity index (χ4v) is 0.428. The molecule has 0 unspecified atom stereocenters. The molecule has 1 nitrogen and oxygen atoms in total. The van der Waals surface area contributed by atoms with E-state index in [4.69, 9.17) is 0 Å². The van der Waals surface area contributed by atoms with Gasteiger partial charge in [-0.15, -0.1) is 13.1 Å². The molecule has 0 fully saturated rings. The molecule has 0 atom stereocenters. The van der Waals surface area contributed by atoms with Crippen molar-refractivity contribution in [1.82, 2.24) is 0 Å². The van der Waals surface area contributed by atoms with Crippen LogP contribution in [0.3, 0.4) is 0 Å². The molecule has 0 aliphatic rings. The number of rotatable bonds is 4. The summed E-state index contributed by atoms with van der Waals surface area (Å²) in [6.07, 6.45) is 2.39. The molecular formula is C6H14NTi-. The van der Waals surface area contributed by atoms with Gasteiger partial charge < -0.3 is 5.32 Å². The molecule has 8 heavy (non-hydrogen) atoms. The van der Waals surface area contributed by atoms with Gasteiger partial charge in [-0.1, -0.05) is 26.7 Å². The maximum atomic E-state index is 4.21. The summed E-state index contributed by atoms with van der Waals surface area (Å²) in [4.78, 5) is 0. The minimum absolute atomic E-state index is 0. The summed E-state index contributed by atoms with van der Waals surface area (Å²) in [5.74, 6) is 0. The van der Waals surface area contributed by atoms with Gasteiger partial charge in [0.2, 0.25) is 0 Å². The van der Waals surface area contributed by atoms with E-state index < -0.39 is 0 Å². The van der Waals surface area contributed by atoms with Crippen LogP contribution in [0.2, 0.25) is 0 Å². The van der Waals surface area contributed by atoms with Crippen LogP contribution < -0.4 is 0 Å². The van der Waals surface area contributed by atoms with Crippen LogP contribution in [-0.4, -0.2) is 13.1 Å². The Kier molecular flexibility index (Phi) is 15.2. The molecule has 0 aromatic rings. The molecule has 0 amide bonds. The maximum absolute atomic E-state index is 4.21. The Morgan fingerprint density at radius 2 is 1.38 bits per heavy atom. The first-order valence-electron chi connectivity index (χ1n) is 3.05. The van der Waals surface area contributed by atoms with Gasteiger partial charge in [0.05, 0.1) is 0 Å². The summed E-state index contributed by atoms with van der Waals surface area (Å²) < 4.78 is 0. The van der Waals surface area contributed by atoms with Crippen molar-refractivity contribution in [2.45, 2.75) is 26.7 Å². The quantitative estimate of drug-likeness (QED) is 0.428. The minimum atomic E-state index is 0. The van der Waals surface area contributed by atoms with E-state index in [-0.39, 0.29) is 21.7 Å². The molecule has 0 spiro atoms. The second-order valence-electron chi connectivity index (χ2n) is 1.67. The molecule has 0 aromatic heterocycles. The van der Waals surface area contributed by atoms with E-state index in [0.29, 0.717) is 0 Å². The van der Waals surface area contributed by atoms with Crippen molar-refractivity contribution in [1.29, 1.82) is 0 Å². The van der Waals surface area contributed by atoms with Crippen molar-refractivity contribution in [2.75, 3.05) is 13.1 Å². The summed E-state index contributed by atoms with van der Waals surface area (Å²) in [6.45, 7) is 6.40. The van der Waals surface area contributed by atoms with Crippen LogP contribution in [0.15, 0.2) is 0 Å². The zero-order valence-corrected chi connectivity index (χ0v) is 7.34. The Morgan fingerprint density at radius 1 is 1.00 bits per heavy atom. The third-order valence-corrected chi connectivity index (χ3v) is 0.763. The smallest absolute Gasteiger partial charge is 0 e. The van der Waals surface area contributed by atoms with Gasteiger partial charge in [-0.25, -0.2) is 0 Å². The zero-order valence-electron chi connectivity index (χ0n) is 5.78. The van der Waals surface area contributed by atoms with E-state index in [1.165, 1.54) is 12.8 Å². The van der Waals surface area contributed by atoms with E-state index >= 15 is 0 Å². The summed E-state index contributed by atoms with van der Waals surface area (Å²) >= 11 is 0. The Balaban J connectivity index is 0. The van der Waals surface area contributed by atoms with Crippen molar-refractivity contribution in [2.24, 2.45) is 0 Å². The monoisotopic (exact) mass is 148 g/mol. The first kappa shape index (κ1) is 11.5. The van der Waals surface area contributed by atoms with Crippen LogP contribution in [0.1, 0.15) is 26.7 Å². The summed E-state index contributed by atoms with van der Waals surface area (Å²) in [5, 5.41) is 4.21. The van der Waals surface area contributed by atoms with Gasteiger partial charge in [0.1, 0.15) is 0 Å². The van der Waals surface area contributed by atoms with Crippen molar-refractivity contribution < 1.29 is 21.7 Å². The molecule has 0 heterocycles. The average molecular weight is 148 g/mol. The molecule has 0 rings (SSSR count). The van der Waals surface area contributed by atoms with Crippen molar-refractivity contribution in [3.8, 4) is 0 Å². The first-order chi connectivity index (χ1) is 3.41. The molecule has 0 saturated heterocycles. The van der Waals surface area contributed by atoms with Crippen LogP contribution >= 0.6 is 0 Å². The van der Waals surface area contributed by atoms with Crippen LogP contribution in [0.5, 0.6) is 0 Å². The fourth-order valence-electron chi connectivity index (χ4n) is 0.428. The molecule has 2 heteroatoms. The fraction of sp³-hybridized carbons (Fsp3) is 1.00. The standard InChI is InChI=1S/C6H14N.Ti/c1-3-5-7-6-4-2;/h3-6H2,1-2H3;/q-1;. The first-order valence-corrected chi connectivity index (χ1v) is 3.05. The van der Waals surface area contributed by atoms with Gasteiger partial charge in [0.25, 0.3) is 0 Å².